The van der Waals surface area contributed by atoms with Gasteiger partial charge in [-0.2, -0.15) is 0 Å². The third kappa shape index (κ3) is 7.23. The number of amides is 1. The van der Waals surface area contributed by atoms with Gasteiger partial charge >= 0.3 is 0 Å². The molecule has 2 aromatic rings. The van der Waals surface area contributed by atoms with Gasteiger partial charge in [-0.15, -0.1) is 24.0 Å². The fourth-order valence-corrected chi connectivity index (χ4v) is 4.21. The molecule has 168 valence electrons. The van der Waals surface area contributed by atoms with Gasteiger partial charge in [-0.1, -0.05) is 67.6 Å². The molecule has 1 amide bonds. The van der Waals surface area contributed by atoms with Crippen molar-refractivity contribution in [2.45, 2.75) is 44.6 Å². The molecule has 0 aliphatic carbocycles. The number of nitrogens with one attached hydrogen (secondary N) is 2. The molecule has 5 nitrogen and oxygen atoms in total. The summed E-state index contributed by atoms with van der Waals surface area (Å²) in [4.78, 5) is 18.5. The van der Waals surface area contributed by atoms with Crippen LogP contribution in [0.5, 0.6) is 0 Å². The largest absolute Gasteiger partial charge is 0.356 e. The van der Waals surface area contributed by atoms with Gasteiger partial charge in [0.15, 0.2) is 5.96 Å². The first kappa shape index (κ1) is 25.2. The van der Waals surface area contributed by atoms with E-state index in [1.807, 2.05) is 0 Å². The maximum atomic E-state index is 12.0. The number of carbonyl (C=O) groups is 1. The van der Waals surface area contributed by atoms with E-state index in [1.54, 1.807) is 7.05 Å². The Morgan fingerprint density at radius 2 is 1.65 bits per heavy atom. The van der Waals surface area contributed by atoms with Crippen molar-refractivity contribution in [3.8, 4) is 0 Å². The monoisotopic (exact) mass is 534 g/mol. The van der Waals surface area contributed by atoms with E-state index >= 15 is 0 Å². The molecule has 0 aromatic heterocycles. The fourth-order valence-electron chi connectivity index (χ4n) is 4.21. The lowest BCUT2D eigenvalue weighted by atomic mass is 9.91. The van der Waals surface area contributed by atoms with Crippen LogP contribution in [0.1, 0.15) is 49.7 Å². The SMILES string of the molecule is CCC(CCNC(=NC)NCC(c1ccccc1)c1ccccc1)N1CCCC1=O.I. The molecule has 31 heavy (non-hydrogen) atoms. The summed E-state index contributed by atoms with van der Waals surface area (Å²) in [5.41, 5.74) is 2.57. The van der Waals surface area contributed by atoms with E-state index in [1.165, 1.54) is 11.1 Å². The van der Waals surface area contributed by atoms with Crippen LogP contribution in [0, 0.1) is 0 Å². The van der Waals surface area contributed by atoms with Crippen LogP contribution in [0.3, 0.4) is 0 Å². The van der Waals surface area contributed by atoms with E-state index in [2.05, 4.69) is 88.1 Å². The van der Waals surface area contributed by atoms with E-state index in [4.69, 9.17) is 0 Å². The van der Waals surface area contributed by atoms with E-state index in [9.17, 15) is 4.79 Å². The van der Waals surface area contributed by atoms with Crippen LogP contribution in [0.15, 0.2) is 65.7 Å². The maximum absolute atomic E-state index is 12.0. The van der Waals surface area contributed by atoms with Gasteiger partial charge in [-0.05, 0) is 30.4 Å². The second-order valence-corrected chi connectivity index (χ2v) is 7.80. The third-order valence-corrected chi connectivity index (χ3v) is 5.89. The van der Waals surface area contributed by atoms with Crippen LogP contribution in [-0.4, -0.2) is 49.5 Å². The molecule has 1 aliphatic heterocycles. The van der Waals surface area contributed by atoms with E-state index in [0.717, 1.165) is 44.9 Å². The Hall–Kier alpha value is -2.09. The molecule has 1 fully saturated rings. The van der Waals surface area contributed by atoms with Crippen LogP contribution in [0.25, 0.3) is 0 Å². The normalized spacial score (nSPS) is 15.0. The van der Waals surface area contributed by atoms with Crippen LogP contribution in [-0.2, 0) is 4.79 Å². The number of benzene rings is 2. The molecule has 2 aromatic carbocycles. The minimum atomic E-state index is 0. The zero-order valence-electron chi connectivity index (χ0n) is 18.6. The van der Waals surface area contributed by atoms with Crippen LogP contribution in [0.2, 0.25) is 0 Å². The molecule has 1 saturated heterocycles. The second-order valence-electron chi connectivity index (χ2n) is 7.80. The summed E-state index contributed by atoms with van der Waals surface area (Å²) < 4.78 is 0. The quantitative estimate of drug-likeness (QED) is 0.285. The Morgan fingerprint density at radius 3 is 2.13 bits per heavy atom. The zero-order valence-corrected chi connectivity index (χ0v) is 20.9. The first-order chi connectivity index (χ1) is 14.7. The number of aliphatic imine (C=N–C) groups is 1. The molecule has 0 spiro atoms. The molecule has 3 rings (SSSR count). The van der Waals surface area contributed by atoms with E-state index in [-0.39, 0.29) is 29.9 Å². The lowest BCUT2D eigenvalue weighted by Gasteiger charge is -2.27. The summed E-state index contributed by atoms with van der Waals surface area (Å²) in [7, 11) is 1.80. The summed E-state index contributed by atoms with van der Waals surface area (Å²) >= 11 is 0. The smallest absolute Gasteiger partial charge is 0.222 e. The van der Waals surface area contributed by atoms with Gasteiger partial charge in [0, 0.05) is 45.1 Å². The Morgan fingerprint density at radius 1 is 1.03 bits per heavy atom. The molecule has 0 bridgehead atoms. The standard InChI is InChI=1S/C25H34N4O.HI/c1-3-22(29-18-10-15-24(29)30)16-17-27-25(26-2)28-19-23(20-11-6-4-7-12-20)21-13-8-5-9-14-21;/h4-9,11-14,22-23H,3,10,15-19H2,1-2H3,(H2,26,27,28);1H. The van der Waals surface area contributed by atoms with Crippen molar-refractivity contribution < 1.29 is 4.79 Å². The Labute approximate surface area is 203 Å². The average Bonchev–Trinajstić information content (AvgIpc) is 3.22. The highest BCUT2D eigenvalue weighted by Crippen LogP contribution is 2.23. The van der Waals surface area contributed by atoms with Gasteiger partial charge < -0.3 is 15.5 Å². The molecule has 2 N–H and O–H groups in total. The molecular formula is C25H35IN4O. The molecule has 0 saturated carbocycles. The second kappa shape index (κ2) is 13.3. The number of likely N-dealkylation sites (tertiary alicyclic amines) is 1. The third-order valence-electron chi connectivity index (χ3n) is 5.89. The lowest BCUT2D eigenvalue weighted by molar-refractivity contribution is -0.129. The number of hydrogen-bond donors (Lipinski definition) is 2. The molecule has 6 heteroatoms. The number of rotatable bonds is 9. The average molecular weight is 534 g/mol. The Kier molecular flexibility index (Phi) is 10.8. The highest BCUT2D eigenvalue weighted by Gasteiger charge is 2.26. The molecule has 1 aliphatic rings. The highest BCUT2D eigenvalue weighted by molar-refractivity contribution is 14.0. The summed E-state index contributed by atoms with van der Waals surface area (Å²) in [6.45, 7) is 4.62. The van der Waals surface area contributed by atoms with Crippen molar-refractivity contribution in [3.63, 3.8) is 0 Å². The first-order valence-corrected chi connectivity index (χ1v) is 11.1. The number of carbonyl (C=O) groups excluding carboxylic acids is 1. The van der Waals surface area contributed by atoms with E-state index < -0.39 is 0 Å². The number of hydrogen-bond acceptors (Lipinski definition) is 2. The first-order valence-electron chi connectivity index (χ1n) is 11.1. The number of guanidine groups is 1. The number of nitrogens with zero attached hydrogens (tertiary/aromatic N) is 2. The lowest BCUT2D eigenvalue weighted by Crippen LogP contribution is -2.43. The van der Waals surface area contributed by atoms with Crippen molar-refractivity contribution in [3.05, 3.63) is 71.8 Å². The van der Waals surface area contributed by atoms with Crippen molar-refractivity contribution >= 4 is 35.8 Å². The van der Waals surface area contributed by atoms with Crippen molar-refractivity contribution in [2.24, 2.45) is 4.99 Å². The summed E-state index contributed by atoms with van der Waals surface area (Å²) in [6.07, 6.45) is 3.62. The maximum Gasteiger partial charge on any atom is 0.222 e. The van der Waals surface area contributed by atoms with Gasteiger partial charge in [0.1, 0.15) is 0 Å². The van der Waals surface area contributed by atoms with Gasteiger partial charge in [0.25, 0.3) is 0 Å². The van der Waals surface area contributed by atoms with Gasteiger partial charge in [0.05, 0.1) is 0 Å². The summed E-state index contributed by atoms with van der Waals surface area (Å²) in [5, 5.41) is 6.93. The van der Waals surface area contributed by atoms with Gasteiger partial charge in [-0.3, -0.25) is 9.79 Å². The zero-order chi connectivity index (χ0) is 21.2. The minimum absolute atomic E-state index is 0. The molecular weight excluding hydrogens is 499 g/mol. The summed E-state index contributed by atoms with van der Waals surface area (Å²) in [6, 6.07) is 21.5. The van der Waals surface area contributed by atoms with Crippen molar-refractivity contribution in [1.29, 1.82) is 0 Å². The topological polar surface area (TPSA) is 56.7 Å². The molecule has 1 unspecified atom stereocenters. The Balaban J connectivity index is 0.00000341. The van der Waals surface area contributed by atoms with Crippen molar-refractivity contribution in [1.82, 2.24) is 15.5 Å². The van der Waals surface area contributed by atoms with Crippen LogP contribution in [0.4, 0.5) is 0 Å². The molecule has 1 heterocycles. The van der Waals surface area contributed by atoms with Crippen LogP contribution < -0.4 is 10.6 Å². The van der Waals surface area contributed by atoms with Crippen LogP contribution >= 0.6 is 24.0 Å². The van der Waals surface area contributed by atoms with E-state index in [0.29, 0.717) is 18.4 Å². The van der Waals surface area contributed by atoms with Gasteiger partial charge in [0.2, 0.25) is 5.91 Å². The molecule has 1 atom stereocenters. The van der Waals surface area contributed by atoms with Gasteiger partial charge in [-0.25, -0.2) is 0 Å². The number of halogens is 1. The summed E-state index contributed by atoms with van der Waals surface area (Å²) in [5.74, 6) is 1.35. The molecule has 0 radical (unpaired) electrons. The minimum Gasteiger partial charge on any atom is -0.356 e. The van der Waals surface area contributed by atoms with Crippen molar-refractivity contribution in [2.75, 3.05) is 26.7 Å². The highest BCUT2D eigenvalue weighted by atomic mass is 127. The predicted molar refractivity (Wildman–Crippen MR) is 139 cm³/mol. The fraction of sp³-hybridized carbons (Fsp3) is 0.440. The Bertz CT molecular complexity index is 773. The predicted octanol–water partition coefficient (Wildman–Crippen LogP) is 4.39.